The van der Waals surface area contributed by atoms with Crippen LogP contribution in [-0.4, -0.2) is 54.9 Å². The Labute approximate surface area is 117 Å². The fraction of sp³-hybridized carbons (Fsp3) is 0.867. The summed E-state index contributed by atoms with van der Waals surface area (Å²) in [5, 5.41) is 0. The predicted octanol–water partition coefficient (Wildman–Crippen LogP) is 2.18. The van der Waals surface area contributed by atoms with Crippen LogP contribution < -0.4 is 0 Å². The summed E-state index contributed by atoms with van der Waals surface area (Å²) in [5.74, 6) is 0.0208. The minimum atomic E-state index is -0.00719. The number of imide groups is 1. The fourth-order valence-corrected chi connectivity index (χ4v) is 2.48. The first-order valence-electron chi connectivity index (χ1n) is 7.61. The predicted molar refractivity (Wildman–Crippen MR) is 76.6 cm³/mol. The summed E-state index contributed by atoms with van der Waals surface area (Å²) in [6, 6.07) is 0. The SMILES string of the molecule is CCCCCCCCC(=O)N1CC[N+](C)(C)CC1=O. The van der Waals surface area contributed by atoms with Crippen LogP contribution >= 0.6 is 0 Å². The minimum Gasteiger partial charge on any atom is -0.319 e. The van der Waals surface area contributed by atoms with Crippen LogP contribution in [0.5, 0.6) is 0 Å². The number of quaternary nitrogens is 1. The highest BCUT2D eigenvalue weighted by molar-refractivity contribution is 5.96. The molecule has 0 atom stereocenters. The second-order valence-corrected chi connectivity index (χ2v) is 6.27. The Hall–Kier alpha value is -0.900. The van der Waals surface area contributed by atoms with Crippen molar-refractivity contribution >= 4 is 11.8 Å². The molecule has 0 radical (unpaired) electrons. The Morgan fingerprint density at radius 2 is 1.79 bits per heavy atom. The maximum Gasteiger partial charge on any atom is 0.284 e. The van der Waals surface area contributed by atoms with Crippen molar-refractivity contribution in [3.05, 3.63) is 0 Å². The molecule has 4 nitrogen and oxygen atoms in total. The molecular weight excluding hydrogens is 240 g/mol. The third-order valence-electron chi connectivity index (χ3n) is 3.84. The lowest BCUT2D eigenvalue weighted by Gasteiger charge is -2.37. The molecule has 0 aromatic heterocycles. The molecule has 0 aliphatic carbocycles. The van der Waals surface area contributed by atoms with E-state index in [0.717, 1.165) is 19.4 Å². The number of hydrogen-bond donors (Lipinski definition) is 0. The number of unbranched alkanes of at least 4 members (excludes halogenated alkanes) is 5. The number of piperazine rings is 1. The van der Waals surface area contributed by atoms with Crippen molar-refractivity contribution in [3.63, 3.8) is 0 Å². The van der Waals surface area contributed by atoms with Gasteiger partial charge in [-0.25, -0.2) is 0 Å². The van der Waals surface area contributed by atoms with Crippen LogP contribution in [-0.2, 0) is 9.59 Å². The van der Waals surface area contributed by atoms with Gasteiger partial charge in [-0.1, -0.05) is 39.0 Å². The Bertz CT molecular complexity index is 313. The first-order chi connectivity index (χ1) is 8.96. The van der Waals surface area contributed by atoms with Gasteiger partial charge in [-0.3, -0.25) is 14.5 Å². The maximum absolute atomic E-state index is 12.0. The summed E-state index contributed by atoms with van der Waals surface area (Å²) < 4.78 is 0.694. The van der Waals surface area contributed by atoms with E-state index >= 15 is 0 Å². The first-order valence-corrected chi connectivity index (χ1v) is 7.61. The monoisotopic (exact) mass is 269 g/mol. The van der Waals surface area contributed by atoms with Crippen molar-refractivity contribution in [2.75, 3.05) is 33.7 Å². The highest BCUT2D eigenvalue weighted by Gasteiger charge is 2.34. The van der Waals surface area contributed by atoms with Crippen LogP contribution in [0.25, 0.3) is 0 Å². The summed E-state index contributed by atoms with van der Waals surface area (Å²) in [4.78, 5) is 25.4. The van der Waals surface area contributed by atoms with Gasteiger partial charge < -0.3 is 4.48 Å². The van der Waals surface area contributed by atoms with Gasteiger partial charge in [-0.05, 0) is 6.42 Å². The Balaban J connectivity index is 2.21. The smallest absolute Gasteiger partial charge is 0.284 e. The zero-order chi connectivity index (χ0) is 14.3. The molecule has 0 N–H and O–H groups in total. The van der Waals surface area contributed by atoms with Gasteiger partial charge in [0.2, 0.25) is 5.91 Å². The fourth-order valence-electron chi connectivity index (χ4n) is 2.48. The molecule has 4 heteroatoms. The molecule has 1 aliphatic rings. The lowest BCUT2D eigenvalue weighted by Crippen LogP contribution is -2.59. The van der Waals surface area contributed by atoms with Gasteiger partial charge in [0.25, 0.3) is 5.91 Å². The lowest BCUT2D eigenvalue weighted by atomic mass is 10.1. The first kappa shape index (κ1) is 16.2. The van der Waals surface area contributed by atoms with Gasteiger partial charge >= 0.3 is 0 Å². The Morgan fingerprint density at radius 3 is 2.42 bits per heavy atom. The van der Waals surface area contributed by atoms with Gasteiger partial charge in [-0.2, -0.15) is 0 Å². The molecule has 1 fully saturated rings. The van der Waals surface area contributed by atoms with E-state index in [-0.39, 0.29) is 11.8 Å². The molecule has 0 saturated carbocycles. The molecule has 110 valence electrons. The van der Waals surface area contributed by atoms with Crippen molar-refractivity contribution in [2.24, 2.45) is 0 Å². The molecule has 19 heavy (non-hydrogen) atoms. The average molecular weight is 269 g/mol. The molecule has 1 rings (SSSR count). The van der Waals surface area contributed by atoms with Crippen LogP contribution in [0.1, 0.15) is 51.9 Å². The van der Waals surface area contributed by atoms with Gasteiger partial charge in [0.05, 0.1) is 27.2 Å². The summed E-state index contributed by atoms with van der Waals surface area (Å²) >= 11 is 0. The molecule has 1 aliphatic heterocycles. The molecule has 1 saturated heterocycles. The third-order valence-corrected chi connectivity index (χ3v) is 3.84. The highest BCUT2D eigenvalue weighted by atomic mass is 16.2. The van der Waals surface area contributed by atoms with Crippen molar-refractivity contribution in [3.8, 4) is 0 Å². The minimum absolute atomic E-state index is 0.00719. The standard InChI is InChI=1S/C15H29N2O2/c1-4-5-6-7-8-9-10-14(18)16-11-12-17(2,3)13-15(16)19/h4-13H2,1-3H3/q+1. The summed E-state index contributed by atoms with van der Waals surface area (Å²) in [6.45, 7) is 4.10. The van der Waals surface area contributed by atoms with Crippen molar-refractivity contribution < 1.29 is 14.1 Å². The number of hydrogen-bond acceptors (Lipinski definition) is 2. The summed E-state index contributed by atoms with van der Waals surface area (Å²) in [6.07, 6.45) is 7.56. The van der Waals surface area contributed by atoms with E-state index in [0.29, 0.717) is 24.0 Å². The lowest BCUT2D eigenvalue weighted by molar-refractivity contribution is -0.885. The van der Waals surface area contributed by atoms with Gasteiger partial charge in [0.15, 0.2) is 6.54 Å². The van der Waals surface area contributed by atoms with Gasteiger partial charge in [0.1, 0.15) is 0 Å². The van der Waals surface area contributed by atoms with Crippen LogP contribution in [0.3, 0.4) is 0 Å². The van der Waals surface area contributed by atoms with Crippen molar-refractivity contribution in [1.82, 2.24) is 4.90 Å². The van der Waals surface area contributed by atoms with Crippen LogP contribution in [0.15, 0.2) is 0 Å². The van der Waals surface area contributed by atoms with Crippen molar-refractivity contribution in [1.29, 1.82) is 0 Å². The molecule has 1 heterocycles. The molecule has 2 amide bonds. The normalized spacial score (nSPS) is 18.7. The van der Waals surface area contributed by atoms with E-state index in [1.54, 1.807) is 0 Å². The van der Waals surface area contributed by atoms with E-state index in [9.17, 15) is 9.59 Å². The number of rotatable bonds is 7. The average Bonchev–Trinajstić information content (AvgIpc) is 2.32. The van der Waals surface area contributed by atoms with E-state index in [4.69, 9.17) is 0 Å². The quantitative estimate of drug-likeness (QED) is 0.525. The number of carbonyl (C=O) groups excluding carboxylic acids is 2. The number of amides is 2. The molecule has 0 bridgehead atoms. The van der Waals surface area contributed by atoms with Crippen molar-refractivity contribution in [2.45, 2.75) is 51.9 Å². The molecule has 0 spiro atoms. The molecular formula is C15H29N2O2+. The number of nitrogens with zero attached hydrogens (tertiary/aromatic N) is 2. The Kier molecular flexibility index (Phi) is 6.49. The highest BCUT2D eigenvalue weighted by Crippen LogP contribution is 2.12. The second-order valence-electron chi connectivity index (χ2n) is 6.27. The van der Waals surface area contributed by atoms with Gasteiger partial charge in [0, 0.05) is 6.42 Å². The topological polar surface area (TPSA) is 37.4 Å². The van der Waals surface area contributed by atoms with Crippen LogP contribution in [0.4, 0.5) is 0 Å². The number of likely N-dealkylation sites (N-methyl/N-ethyl adjacent to an activating group) is 1. The second kappa shape index (κ2) is 7.63. The van der Waals surface area contributed by atoms with Crippen LogP contribution in [0, 0.1) is 0 Å². The van der Waals surface area contributed by atoms with E-state index in [1.165, 1.54) is 30.6 Å². The molecule has 0 aromatic rings. The molecule has 0 unspecified atom stereocenters. The van der Waals surface area contributed by atoms with E-state index in [2.05, 4.69) is 6.92 Å². The van der Waals surface area contributed by atoms with Gasteiger partial charge in [-0.15, -0.1) is 0 Å². The zero-order valence-electron chi connectivity index (χ0n) is 12.8. The largest absolute Gasteiger partial charge is 0.319 e. The maximum atomic E-state index is 12.0. The van der Waals surface area contributed by atoms with Crippen LogP contribution in [0.2, 0.25) is 0 Å². The third kappa shape index (κ3) is 5.72. The van der Waals surface area contributed by atoms with E-state index < -0.39 is 0 Å². The Morgan fingerprint density at radius 1 is 1.16 bits per heavy atom. The summed E-state index contributed by atoms with van der Waals surface area (Å²) in [7, 11) is 4.07. The summed E-state index contributed by atoms with van der Waals surface area (Å²) in [5.41, 5.74) is 0. The molecule has 0 aromatic carbocycles. The zero-order valence-corrected chi connectivity index (χ0v) is 12.8. The van der Waals surface area contributed by atoms with E-state index in [1.807, 2.05) is 14.1 Å². The number of carbonyl (C=O) groups is 2.